The maximum Gasteiger partial charge on any atom is 0.368 e. The number of rotatable bonds is 1. The Balaban J connectivity index is 2.71. The number of carbonyl (C=O) groups is 1. The second kappa shape index (κ2) is 3.76. The molecule has 1 aliphatic rings. The van der Waals surface area contributed by atoms with Crippen LogP contribution in [0.1, 0.15) is 5.56 Å². The van der Waals surface area contributed by atoms with Crippen molar-refractivity contribution in [3.63, 3.8) is 0 Å². The number of benzene rings is 1. The van der Waals surface area contributed by atoms with Crippen LogP contribution in [-0.2, 0) is 0 Å². The van der Waals surface area contributed by atoms with E-state index in [-0.39, 0.29) is 5.57 Å². The van der Waals surface area contributed by atoms with Crippen LogP contribution in [0.25, 0.3) is 6.08 Å². The first kappa shape index (κ1) is 9.75. The van der Waals surface area contributed by atoms with Crippen molar-refractivity contribution in [2.75, 3.05) is 0 Å². The van der Waals surface area contributed by atoms with Gasteiger partial charge in [0.25, 0.3) is 0 Å². The maximum atomic E-state index is 11.0. The molecule has 2 amide bonds. The average molecular weight is 208 g/mol. The molecule has 1 heterocycles. The quantitative estimate of drug-likeness (QED) is 0.629. The predicted octanol–water partition coefficient (Wildman–Crippen LogP) is 0.490. The average Bonchev–Trinajstić information content (AvgIpc) is 2.67. The number of allylic oxidation sites excluding steroid dienone is 1. The molecule has 2 rings (SSSR count). The molecule has 1 aromatic carbocycles. The second-order valence-electron chi connectivity index (χ2n) is 3.00. The van der Waals surface area contributed by atoms with E-state index in [0.29, 0.717) is 16.3 Å². The molecular weight excluding hydrogens is 204 g/mol. The zero-order chi connectivity index (χ0) is 11.5. The van der Waals surface area contributed by atoms with Crippen molar-refractivity contribution in [3.8, 4) is 12.1 Å². The SMILES string of the molecule is N#CC(C#N)=Cc1cccc2c1=NC(=O)N=2. The van der Waals surface area contributed by atoms with E-state index in [4.69, 9.17) is 10.5 Å². The highest BCUT2D eigenvalue weighted by Gasteiger charge is 2.07. The molecule has 0 saturated heterocycles. The number of urea groups is 1. The van der Waals surface area contributed by atoms with E-state index in [0.717, 1.165) is 0 Å². The molecule has 0 aromatic heterocycles. The Morgan fingerprint density at radius 1 is 1.25 bits per heavy atom. The molecule has 5 heteroatoms. The summed E-state index contributed by atoms with van der Waals surface area (Å²) in [5.74, 6) is 0. The normalized spacial score (nSPS) is 11.5. The summed E-state index contributed by atoms with van der Waals surface area (Å²) in [5, 5.41) is 18.1. The summed E-state index contributed by atoms with van der Waals surface area (Å²) in [6.07, 6.45) is 1.39. The third-order valence-corrected chi connectivity index (χ3v) is 2.01. The van der Waals surface area contributed by atoms with E-state index in [1.165, 1.54) is 6.08 Å². The molecule has 74 valence electrons. The monoisotopic (exact) mass is 208 g/mol. The van der Waals surface area contributed by atoms with Crippen molar-refractivity contribution in [2.45, 2.75) is 0 Å². The maximum absolute atomic E-state index is 11.0. The Labute approximate surface area is 90.3 Å². The first-order valence-electron chi connectivity index (χ1n) is 4.37. The minimum Gasteiger partial charge on any atom is -0.244 e. The summed E-state index contributed by atoms with van der Waals surface area (Å²) in [6, 6.07) is 7.94. The first-order chi connectivity index (χ1) is 7.74. The van der Waals surface area contributed by atoms with Crippen LogP contribution in [0.5, 0.6) is 0 Å². The third kappa shape index (κ3) is 1.58. The molecular formula is C11H4N4O. The topological polar surface area (TPSA) is 89.4 Å². The summed E-state index contributed by atoms with van der Waals surface area (Å²) >= 11 is 0. The molecule has 1 aromatic rings. The lowest BCUT2D eigenvalue weighted by Gasteiger charge is -1.90. The largest absolute Gasteiger partial charge is 0.368 e. The Morgan fingerprint density at radius 3 is 2.69 bits per heavy atom. The molecule has 0 bridgehead atoms. The van der Waals surface area contributed by atoms with Crippen LogP contribution in [0.15, 0.2) is 33.8 Å². The molecule has 5 nitrogen and oxygen atoms in total. The van der Waals surface area contributed by atoms with Gasteiger partial charge >= 0.3 is 6.03 Å². The van der Waals surface area contributed by atoms with Crippen molar-refractivity contribution in [1.82, 2.24) is 0 Å². The van der Waals surface area contributed by atoms with Crippen molar-refractivity contribution >= 4 is 12.1 Å². The number of hydrogen-bond acceptors (Lipinski definition) is 3. The third-order valence-electron chi connectivity index (χ3n) is 2.01. The Kier molecular flexibility index (Phi) is 2.29. The van der Waals surface area contributed by atoms with Crippen LogP contribution < -0.4 is 10.7 Å². The van der Waals surface area contributed by atoms with Gasteiger partial charge in [-0.05, 0) is 12.1 Å². The highest BCUT2D eigenvalue weighted by atomic mass is 16.2. The lowest BCUT2D eigenvalue weighted by molar-refractivity contribution is 0.256. The van der Waals surface area contributed by atoms with Gasteiger partial charge in [0.15, 0.2) is 0 Å². The number of amides is 2. The summed E-state index contributed by atoms with van der Waals surface area (Å²) in [7, 11) is 0. The lowest BCUT2D eigenvalue weighted by atomic mass is 10.1. The van der Waals surface area contributed by atoms with Crippen LogP contribution >= 0.6 is 0 Å². The van der Waals surface area contributed by atoms with Crippen LogP contribution in [0.3, 0.4) is 0 Å². The van der Waals surface area contributed by atoms with Gasteiger partial charge in [-0.25, -0.2) is 4.79 Å². The molecule has 1 aliphatic heterocycles. The van der Waals surface area contributed by atoms with Gasteiger partial charge in [-0.2, -0.15) is 20.5 Å². The molecule has 0 N–H and O–H groups in total. The van der Waals surface area contributed by atoms with E-state index in [1.807, 2.05) is 0 Å². The van der Waals surface area contributed by atoms with Crippen molar-refractivity contribution in [1.29, 1.82) is 10.5 Å². The molecule has 0 atom stereocenters. The fourth-order valence-corrected chi connectivity index (χ4v) is 1.35. The minimum atomic E-state index is -0.564. The molecule has 0 fully saturated rings. The highest BCUT2D eigenvalue weighted by Crippen LogP contribution is 2.00. The predicted molar refractivity (Wildman–Crippen MR) is 53.4 cm³/mol. The highest BCUT2D eigenvalue weighted by molar-refractivity contribution is 5.78. The van der Waals surface area contributed by atoms with Gasteiger partial charge in [-0.1, -0.05) is 12.1 Å². The zero-order valence-electron chi connectivity index (χ0n) is 8.01. The molecule has 0 radical (unpaired) electrons. The van der Waals surface area contributed by atoms with Gasteiger partial charge in [0.2, 0.25) is 0 Å². The Morgan fingerprint density at radius 2 is 2.00 bits per heavy atom. The summed E-state index contributed by atoms with van der Waals surface area (Å²) in [4.78, 5) is 18.4. The van der Waals surface area contributed by atoms with Gasteiger partial charge in [-0.15, -0.1) is 0 Å². The summed E-state index contributed by atoms with van der Waals surface area (Å²) < 4.78 is 0. The molecule has 0 saturated carbocycles. The summed E-state index contributed by atoms with van der Waals surface area (Å²) in [5.41, 5.74) is 0.508. The van der Waals surface area contributed by atoms with E-state index < -0.39 is 6.03 Å². The van der Waals surface area contributed by atoms with E-state index in [9.17, 15) is 4.79 Å². The van der Waals surface area contributed by atoms with Gasteiger partial charge in [0.05, 0.1) is 5.36 Å². The zero-order valence-corrected chi connectivity index (χ0v) is 8.01. The first-order valence-corrected chi connectivity index (χ1v) is 4.37. The summed E-state index contributed by atoms with van der Waals surface area (Å²) in [6.45, 7) is 0. The van der Waals surface area contributed by atoms with E-state index in [2.05, 4.69) is 9.98 Å². The number of carbonyl (C=O) groups excluding carboxylic acids is 1. The lowest BCUT2D eigenvalue weighted by Crippen LogP contribution is -2.23. The fourth-order valence-electron chi connectivity index (χ4n) is 1.35. The van der Waals surface area contributed by atoms with Gasteiger partial charge in [0.1, 0.15) is 23.1 Å². The van der Waals surface area contributed by atoms with Crippen molar-refractivity contribution in [2.24, 2.45) is 9.98 Å². The van der Waals surface area contributed by atoms with Crippen LogP contribution in [0.4, 0.5) is 4.79 Å². The standard InChI is InChI=1S/C11H4N4O/c12-5-7(6-13)4-8-2-1-3-9-10(8)15-11(16)14-9/h1-4H. The number of hydrogen-bond donors (Lipinski definition) is 0. The number of nitriles is 2. The van der Waals surface area contributed by atoms with Crippen LogP contribution in [0, 0.1) is 22.7 Å². The number of fused-ring (bicyclic) bond motifs is 1. The number of para-hydroxylation sites is 1. The molecule has 0 unspecified atom stereocenters. The molecule has 0 aliphatic carbocycles. The van der Waals surface area contributed by atoms with Gasteiger partial charge < -0.3 is 0 Å². The van der Waals surface area contributed by atoms with Crippen molar-refractivity contribution < 1.29 is 4.79 Å². The number of nitrogens with zero attached hydrogens (tertiary/aromatic N) is 4. The van der Waals surface area contributed by atoms with Gasteiger partial charge in [-0.3, -0.25) is 0 Å². The van der Waals surface area contributed by atoms with E-state index in [1.54, 1.807) is 30.3 Å². The van der Waals surface area contributed by atoms with Crippen LogP contribution in [-0.4, -0.2) is 6.03 Å². The Bertz CT molecular complexity index is 685. The minimum absolute atomic E-state index is 0.0389. The fraction of sp³-hybridized carbons (Fsp3) is 0. The molecule has 16 heavy (non-hydrogen) atoms. The van der Waals surface area contributed by atoms with Gasteiger partial charge in [0, 0.05) is 5.56 Å². The van der Waals surface area contributed by atoms with E-state index >= 15 is 0 Å². The van der Waals surface area contributed by atoms with Crippen LogP contribution in [0.2, 0.25) is 0 Å². The molecule has 0 spiro atoms. The van der Waals surface area contributed by atoms with Crippen molar-refractivity contribution in [3.05, 3.63) is 40.1 Å². The smallest absolute Gasteiger partial charge is 0.244 e. The second-order valence-corrected chi connectivity index (χ2v) is 3.00. The Hall–Kier alpha value is -2.79.